The smallest absolute Gasteiger partial charge is 0.223 e. The number of amides is 1. The maximum atomic E-state index is 11.8. The summed E-state index contributed by atoms with van der Waals surface area (Å²) < 4.78 is 5.21. The Labute approximate surface area is 97.9 Å². The predicted octanol–water partition coefficient (Wildman–Crippen LogP) is 1.05. The molecule has 0 aromatic carbocycles. The van der Waals surface area contributed by atoms with Crippen LogP contribution in [0.1, 0.15) is 39.0 Å². The Morgan fingerprint density at radius 1 is 1.50 bits per heavy atom. The highest BCUT2D eigenvalue weighted by molar-refractivity contribution is 5.78. The van der Waals surface area contributed by atoms with Crippen molar-refractivity contribution in [3.8, 4) is 0 Å². The molecule has 0 spiro atoms. The second-order valence-electron chi connectivity index (χ2n) is 4.47. The number of hydrogen-bond acceptors (Lipinski definition) is 3. The molecule has 4 heteroatoms. The van der Waals surface area contributed by atoms with Crippen molar-refractivity contribution in [1.82, 2.24) is 5.32 Å². The van der Waals surface area contributed by atoms with Gasteiger partial charge in [0, 0.05) is 31.7 Å². The van der Waals surface area contributed by atoms with Crippen molar-refractivity contribution in [2.75, 3.05) is 19.8 Å². The Morgan fingerprint density at radius 2 is 2.31 bits per heavy atom. The van der Waals surface area contributed by atoms with E-state index in [1.165, 1.54) is 0 Å². The van der Waals surface area contributed by atoms with Crippen molar-refractivity contribution < 1.29 is 9.53 Å². The quantitative estimate of drug-likeness (QED) is 0.668. The van der Waals surface area contributed by atoms with Gasteiger partial charge in [0.15, 0.2) is 0 Å². The van der Waals surface area contributed by atoms with Gasteiger partial charge in [0.25, 0.3) is 0 Å². The molecular formula is C12H24N2O2. The van der Waals surface area contributed by atoms with Crippen LogP contribution in [0.2, 0.25) is 0 Å². The van der Waals surface area contributed by atoms with Crippen LogP contribution in [0.15, 0.2) is 0 Å². The zero-order valence-corrected chi connectivity index (χ0v) is 10.2. The summed E-state index contributed by atoms with van der Waals surface area (Å²) in [7, 11) is 0. The lowest BCUT2D eigenvalue weighted by Crippen LogP contribution is -2.38. The van der Waals surface area contributed by atoms with Gasteiger partial charge in [0.1, 0.15) is 0 Å². The summed E-state index contributed by atoms with van der Waals surface area (Å²) in [6, 6.07) is 0.216. The van der Waals surface area contributed by atoms with Gasteiger partial charge in [0.2, 0.25) is 5.91 Å². The second-order valence-corrected chi connectivity index (χ2v) is 4.47. The number of nitrogens with one attached hydrogen (secondary N) is 1. The zero-order valence-electron chi connectivity index (χ0n) is 10.2. The standard InChI is InChI=1S/C12H24N2O2/c1-2-16-8-4-7-14-12(15)10-5-3-6-11(13)9-10/h10-11H,2-9,13H2,1H3,(H,14,15). The fourth-order valence-corrected chi connectivity index (χ4v) is 2.14. The first-order valence-corrected chi connectivity index (χ1v) is 6.35. The van der Waals surface area contributed by atoms with Gasteiger partial charge in [-0.15, -0.1) is 0 Å². The highest BCUT2D eigenvalue weighted by atomic mass is 16.5. The molecule has 0 aromatic heterocycles. The van der Waals surface area contributed by atoms with E-state index in [-0.39, 0.29) is 17.9 Å². The van der Waals surface area contributed by atoms with Crippen LogP contribution in [0.25, 0.3) is 0 Å². The molecule has 94 valence electrons. The van der Waals surface area contributed by atoms with Crippen LogP contribution in [0.5, 0.6) is 0 Å². The molecule has 1 aliphatic rings. The van der Waals surface area contributed by atoms with E-state index >= 15 is 0 Å². The molecule has 1 fully saturated rings. The summed E-state index contributed by atoms with van der Waals surface area (Å²) in [5.74, 6) is 0.308. The molecule has 0 saturated heterocycles. The molecule has 4 nitrogen and oxygen atoms in total. The SMILES string of the molecule is CCOCCCNC(=O)C1CCCC(N)C1. The minimum atomic E-state index is 0.135. The molecule has 1 saturated carbocycles. The van der Waals surface area contributed by atoms with Crippen LogP contribution in [-0.2, 0) is 9.53 Å². The van der Waals surface area contributed by atoms with E-state index in [4.69, 9.17) is 10.5 Å². The van der Waals surface area contributed by atoms with E-state index in [0.29, 0.717) is 6.54 Å². The first-order chi connectivity index (χ1) is 7.74. The highest BCUT2D eigenvalue weighted by Crippen LogP contribution is 2.22. The lowest BCUT2D eigenvalue weighted by molar-refractivity contribution is -0.126. The van der Waals surface area contributed by atoms with Gasteiger partial charge in [-0.25, -0.2) is 0 Å². The largest absolute Gasteiger partial charge is 0.382 e. The molecule has 2 atom stereocenters. The van der Waals surface area contributed by atoms with Crippen LogP contribution >= 0.6 is 0 Å². The fraction of sp³-hybridized carbons (Fsp3) is 0.917. The van der Waals surface area contributed by atoms with Gasteiger partial charge >= 0.3 is 0 Å². The van der Waals surface area contributed by atoms with Crippen LogP contribution in [0.3, 0.4) is 0 Å². The molecule has 0 radical (unpaired) electrons. The van der Waals surface area contributed by atoms with Gasteiger partial charge in [-0.05, 0) is 32.6 Å². The summed E-state index contributed by atoms with van der Waals surface area (Å²) in [6.07, 6.45) is 4.87. The van der Waals surface area contributed by atoms with Crippen molar-refractivity contribution in [3.63, 3.8) is 0 Å². The van der Waals surface area contributed by atoms with E-state index in [1.54, 1.807) is 0 Å². The number of nitrogens with two attached hydrogens (primary N) is 1. The summed E-state index contributed by atoms with van der Waals surface area (Å²) in [5, 5.41) is 2.96. The second kappa shape index (κ2) is 7.63. The summed E-state index contributed by atoms with van der Waals surface area (Å²) in [4.78, 5) is 11.8. The van der Waals surface area contributed by atoms with Crippen LogP contribution in [0, 0.1) is 5.92 Å². The van der Waals surface area contributed by atoms with Crippen molar-refractivity contribution in [2.24, 2.45) is 11.7 Å². The Morgan fingerprint density at radius 3 is 3.00 bits per heavy atom. The van der Waals surface area contributed by atoms with Crippen molar-refractivity contribution in [2.45, 2.75) is 45.1 Å². The molecule has 1 rings (SSSR count). The van der Waals surface area contributed by atoms with Gasteiger partial charge in [-0.1, -0.05) is 6.42 Å². The van der Waals surface area contributed by atoms with E-state index in [0.717, 1.165) is 45.3 Å². The average molecular weight is 228 g/mol. The minimum Gasteiger partial charge on any atom is -0.382 e. The van der Waals surface area contributed by atoms with Crippen molar-refractivity contribution >= 4 is 5.91 Å². The molecule has 0 heterocycles. The van der Waals surface area contributed by atoms with Crippen LogP contribution in [0.4, 0.5) is 0 Å². The van der Waals surface area contributed by atoms with Gasteiger partial charge in [-0.3, -0.25) is 4.79 Å². The minimum absolute atomic E-state index is 0.135. The van der Waals surface area contributed by atoms with E-state index < -0.39 is 0 Å². The number of ether oxygens (including phenoxy) is 1. The zero-order chi connectivity index (χ0) is 11.8. The first kappa shape index (κ1) is 13.5. The lowest BCUT2D eigenvalue weighted by Gasteiger charge is -2.25. The van der Waals surface area contributed by atoms with Crippen LogP contribution < -0.4 is 11.1 Å². The molecule has 0 aromatic rings. The molecule has 3 N–H and O–H groups in total. The first-order valence-electron chi connectivity index (χ1n) is 6.35. The van der Waals surface area contributed by atoms with Gasteiger partial charge in [-0.2, -0.15) is 0 Å². The summed E-state index contributed by atoms with van der Waals surface area (Å²) in [6.45, 7) is 4.15. The molecular weight excluding hydrogens is 204 g/mol. The Kier molecular flexibility index (Phi) is 6.42. The maximum Gasteiger partial charge on any atom is 0.223 e. The highest BCUT2D eigenvalue weighted by Gasteiger charge is 2.24. The monoisotopic (exact) mass is 228 g/mol. The molecule has 1 amide bonds. The van der Waals surface area contributed by atoms with Gasteiger partial charge < -0.3 is 15.8 Å². The molecule has 0 aliphatic heterocycles. The van der Waals surface area contributed by atoms with E-state index in [9.17, 15) is 4.79 Å². The topological polar surface area (TPSA) is 64.3 Å². The molecule has 16 heavy (non-hydrogen) atoms. The number of carbonyl (C=O) groups excluding carboxylic acids is 1. The third-order valence-corrected chi connectivity index (χ3v) is 3.05. The normalized spacial score (nSPS) is 25.4. The molecule has 0 bridgehead atoms. The number of carbonyl (C=O) groups is 1. The lowest BCUT2D eigenvalue weighted by atomic mass is 9.85. The predicted molar refractivity (Wildman–Crippen MR) is 64.1 cm³/mol. The maximum absolute atomic E-state index is 11.8. The van der Waals surface area contributed by atoms with Crippen LogP contribution in [-0.4, -0.2) is 31.7 Å². The molecule has 1 aliphatic carbocycles. The average Bonchev–Trinajstić information content (AvgIpc) is 2.28. The van der Waals surface area contributed by atoms with E-state index in [1.807, 2.05) is 6.92 Å². The molecule has 2 unspecified atom stereocenters. The number of hydrogen-bond donors (Lipinski definition) is 2. The third-order valence-electron chi connectivity index (χ3n) is 3.05. The Bertz CT molecular complexity index is 209. The van der Waals surface area contributed by atoms with Crippen molar-refractivity contribution in [3.05, 3.63) is 0 Å². The Balaban J connectivity index is 2.09. The fourth-order valence-electron chi connectivity index (χ4n) is 2.14. The van der Waals surface area contributed by atoms with Gasteiger partial charge in [0.05, 0.1) is 0 Å². The van der Waals surface area contributed by atoms with E-state index in [2.05, 4.69) is 5.32 Å². The summed E-state index contributed by atoms with van der Waals surface area (Å²) >= 11 is 0. The Hall–Kier alpha value is -0.610. The summed E-state index contributed by atoms with van der Waals surface area (Å²) in [5.41, 5.74) is 5.86. The van der Waals surface area contributed by atoms with Crippen molar-refractivity contribution in [1.29, 1.82) is 0 Å². The number of rotatable bonds is 6. The third kappa shape index (κ3) is 4.94.